The third-order valence-corrected chi connectivity index (χ3v) is 6.00. The molecule has 22 heavy (non-hydrogen) atoms. The number of nitrogens with zero attached hydrogens (tertiary/aromatic N) is 1. The summed E-state index contributed by atoms with van der Waals surface area (Å²) < 4.78 is 32.2. The predicted octanol–water partition coefficient (Wildman–Crippen LogP) is 2.13. The highest BCUT2D eigenvalue weighted by atomic mass is 35.5. The fraction of sp³-hybridized carbons (Fsp3) is 0.600. The summed E-state index contributed by atoms with van der Waals surface area (Å²) in [7, 11) is -0.0120. The zero-order valence-corrected chi connectivity index (χ0v) is 14.8. The lowest BCUT2D eigenvalue weighted by atomic mass is 9.95. The molecule has 0 radical (unpaired) electrons. The Labute approximate surface area is 139 Å². The van der Waals surface area contributed by atoms with Crippen LogP contribution in [0.3, 0.4) is 0 Å². The second-order valence-electron chi connectivity index (χ2n) is 5.39. The van der Waals surface area contributed by atoms with Crippen LogP contribution >= 0.6 is 12.4 Å². The SMILES string of the molecule is CNCCC1CCN(S(=O)(=O)c2ccccc2OC)CC1.Cl. The lowest BCUT2D eigenvalue weighted by molar-refractivity contribution is 0.262. The molecule has 1 heterocycles. The number of methoxy groups -OCH3 is 1. The van der Waals surface area contributed by atoms with E-state index in [0.717, 1.165) is 25.8 Å². The molecule has 0 unspecified atom stereocenters. The molecule has 0 bridgehead atoms. The lowest BCUT2D eigenvalue weighted by Crippen LogP contribution is -2.39. The van der Waals surface area contributed by atoms with Crippen molar-refractivity contribution in [3.63, 3.8) is 0 Å². The molecule has 5 nitrogen and oxygen atoms in total. The van der Waals surface area contributed by atoms with Crippen LogP contribution in [0.15, 0.2) is 29.2 Å². The van der Waals surface area contributed by atoms with Crippen LogP contribution in [0, 0.1) is 5.92 Å². The molecular weight excluding hydrogens is 324 g/mol. The van der Waals surface area contributed by atoms with Crippen LogP contribution in [0.1, 0.15) is 19.3 Å². The first kappa shape index (κ1) is 19.2. The van der Waals surface area contributed by atoms with E-state index in [1.807, 2.05) is 7.05 Å². The van der Waals surface area contributed by atoms with E-state index in [0.29, 0.717) is 24.8 Å². The Morgan fingerprint density at radius 2 is 1.91 bits per heavy atom. The third-order valence-electron chi connectivity index (χ3n) is 4.06. The van der Waals surface area contributed by atoms with E-state index in [9.17, 15) is 8.42 Å². The summed E-state index contributed by atoms with van der Waals surface area (Å²) in [5.41, 5.74) is 0. The summed E-state index contributed by atoms with van der Waals surface area (Å²) in [5.74, 6) is 1.02. The Morgan fingerprint density at radius 3 is 2.50 bits per heavy atom. The fourth-order valence-corrected chi connectivity index (χ4v) is 4.38. The molecule has 0 atom stereocenters. The van der Waals surface area contributed by atoms with E-state index in [-0.39, 0.29) is 17.3 Å². The molecular formula is C15H25ClN2O3S. The number of sulfonamides is 1. The molecule has 1 aromatic rings. The molecule has 126 valence electrons. The smallest absolute Gasteiger partial charge is 0.246 e. The Bertz CT molecular complexity index is 558. The van der Waals surface area contributed by atoms with Crippen LogP contribution in [-0.2, 0) is 10.0 Å². The lowest BCUT2D eigenvalue weighted by Gasteiger charge is -2.31. The van der Waals surface area contributed by atoms with Crippen LogP contribution in [0.2, 0.25) is 0 Å². The maximum atomic E-state index is 12.7. The summed E-state index contributed by atoms with van der Waals surface area (Å²) >= 11 is 0. The molecule has 0 aromatic heterocycles. The molecule has 0 aliphatic carbocycles. The molecule has 1 fully saturated rings. The molecule has 1 aliphatic rings. The Hall–Kier alpha value is -0.820. The second-order valence-corrected chi connectivity index (χ2v) is 7.30. The van der Waals surface area contributed by atoms with Gasteiger partial charge in [-0.2, -0.15) is 4.31 Å². The van der Waals surface area contributed by atoms with Gasteiger partial charge in [-0.25, -0.2) is 8.42 Å². The van der Waals surface area contributed by atoms with E-state index >= 15 is 0 Å². The third kappa shape index (κ3) is 4.35. The minimum atomic E-state index is -3.46. The zero-order chi connectivity index (χ0) is 15.3. The van der Waals surface area contributed by atoms with Gasteiger partial charge in [0.2, 0.25) is 10.0 Å². The van der Waals surface area contributed by atoms with Crippen molar-refractivity contribution in [2.24, 2.45) is 5.92 Å². The summed E-state index contributed by atoms with van der Waals surface area (Å²) in [6, 6.07) is 6.81. The van der Waals surface area contributed by atoms with Crippen molar-refractivity contribution in [2.75, 3.05) is 33.8 Å². The van der Waals surface area contributed by atoms with Gasteiger partial charge < -0.3 is 10.1 Å². The van der Waals surface area contributed by atoms with Gasteiger partial charge >= 0.3 is 0 Å². The van der Waals surface area contributed by atoms with Crippen LogP contribution in [0.25, 0.3) is 0 Å². The van der Waals surface area contributed by atoms with Crippen LogP contribution < -0.4 is 10.1 Å². The van der Waals surface area contributed by atoms with Crippen molar-refractivity contribution >= 4 is 22.4 Å². The Balaban J connectivity index is 0.00000242. The summed E-state index contributed by atoms with van der Waals surface area (Å²) in [5, 5.41) is 3.15. The highest BCUT2D eigenvalue weighted by Gasteiger charge is 2.31. The molecule has 1 aromatic carbocycles. The first-order valence-electron chi connectivity index (χ1n) is 7.37. The topological polar surface area (TPSA) is 58.6 Å². The van der Waals surface area contributed by atoms with Gasteiger partial charge in [0.25, 0.3) is 0 Å². The number of nitrogens with one attached hydrogen (secondary N) is 1. The Morgan fingerprint density at radius 1 is 1.27 bits per heavy atom. The van der Waals surface area contributed by atoms with Crippen LogP contribution in [-0.4, -0.2) is 46.5 Å². The van der Waals surface area contributed by atoms with E-state index in [1.165, 1.54) is 7.11 Å². The van der Waals surface area contributed by atoms with Gasteiger partial charge in [-0.3, -0.25) is 0 Å². The summed E-state index contributed by atoms with van der Waals surface area (Å²) in [4.78, 5) is 0.265. The highest BCUT2D eigenvalue weighted by molar-refractivity contribution is 7.89. The standard InChI is InChI=1S/C15H24N2O3S.ClH/c1-16-10-7-13-8-11-17(12-9-13)21(18,19)15-6-4-3-5-14(15)20-2;/h3-6,13,16H,7-12H2,1-2H3;1H. The normalized spacial score (nSPS) is 17.0. The quantitative estimate of drug-likeness (QED) is 0.855. The first-order chi connectivity index (χ1) is 10.1. The van der Waals surface area contributed by atoms with Crippen LogP contribution in [0.4, 0.5) is 0 Å². The first-order valence-corrected chi connectivity index (χ1v) is 8.81. The van der Waals surface area contributed by atoms with Gasteiger partial charge in [-0.05, 0) is 50.9 Å². The van der Waals surface area contributed by atoms with Crippen molar-refractivity contribution in [1.29, 1.82) is 0 Å². The zero-order valence-electron chi connectivity index (χ0n) is 13.1. The number of para-hydroxylation sites is 1. The second kappa shape index (κ2) is 8.72. The number of benzene rings is 1. The van der Waals surface area contributed by atoms with E-state index < -0.39 is 10.0 Å². The monoisotopic (exact) mass is 348 g/mol. The minimum absolute atomic E-state index is 0. The molecule has 1 N–H and O–H groups in total. The van der Waals surface area contributed by atoms with Crippen LogP contribution in [0.5, 0.6) is 5.75 Å². The molecule has 1 saturated heterocycles. The van der Waals surface area contributed by atoms with Crippen molar-refractivity contribution in [3.05, 3.63) is 24.3 Å². The number of piperidine rings is 1. The van der Waals surface area contributed by atoms with Crippen molar-refractivity contribution in [1.82, 2.24) is 9.62 Å². The maximum Gasteiger partial charge on any atom is 0.246 e. The fourth-order valence-electron chi connectivity index (χ4n) is 2.76. The largest absolute Gasteiger partial charge is 0.495 e. The van der Waals surface area contributed by atoms with Gasteiger partial charge in [0.1, 0.15) is 10.6 Å². The van der Waals surface area contributed by atoms with E-state index in [4.69, 9.17) is 4.74 Å². The van der Waals surface area contributed by atoms with Crippen molar-refractivity contribution in [3.8, 4) is 5.75 Å². The average Bonchev–Trinajstić information content (AvgIpc) is 2.53. The van der Waals surface area contributed by atoms with Gasteiger partial charge in [0, 0.05) is 13.1 Å². The molecule has 0 saturated carbocycles. The summed E-state index contributed by atoms with van der Waals surface area (Å²) in [6.07, 6.45) is 2.96. The molecule has 7 heteroatoms. The van der Waals surface area contributed by atoms with Crippen molar-refractivity contribution < 1.29 is 13.2 Å². The van der Waals surface area contributed by atoms with E-state index in [1.54, 1.807) is 28.6 Å². The molecule has 1 aliphatic heterocycles. The van der Waals surface area contributed by atoms with Gasteiger partial charge in [-0.15, -0.1) is 12.4 Å². The molecule has 2 rings (SSSR count). The summed E-state index contributed by atoms with van der Waals surface area (Å²) in [6.45, 7) is 2.17. The van der Waals surface area contributed by atoms with Gasteiger partial charge in [0.05, 0.1) is 7.11 Å². The van der Waals surface area contributed by atoms with E-state index in [2.05, 4.69) is 5.32 Å². The molecule has 0 amide bonds. The number of rotatable bonds is 6. The maximum absolute atomic E-state index is 12.7. The average molecular weight is 349 g/mol. The number of hydrogen-bond acceptors (Lipinski definition) is 4. The predicted molar refractivity (Wildman–Crippen MR) is 90.3 cm³/mol. The number of ether oxygens (including phenoxy) is 1. The highest BCUT2D eigenvalue weighted by Crippen LogP contribution is 2.29. The minimum Gasteiger partial charge on any atom is -0.495 e. The number of halogens is 1. The number of hydrogen-bond donors (Lipinski definition) is 1. The Kier molecular flexibility index (Phi) is 7.62. The van der Waals surface area contributed by atoms with Gasteiger partial charge in [-0.1, -0.05) is 12.1 Å². The molecule has 0 spiro atoms. The van der Waals surface area contributed by atoms with Crippen molar-refractivity contribution in [2.45, 2.75) is 24.2 Å². The van der Waals surface area contributed by atoms with Gasteiger partial charge in [0.15, 0.2) is 0 Å².